The number of H-pyrrole nitrogens is 1. The SMILES string of the molecule is Nc1ncc(-c2cn[nH]c2C2CCNCC2)cc1-c1nc2cc(OC(F)(F)F)ccc2s1. The predicted octanol–water partition coefficient (Wildman–Crippen LogP) is 4.70. The van der Waals surface area contributed by atoms with Crippen LogP contribution in [0.3, 0.4) is 0 Å². The minimum atomic E-state index is -4.76. The Bertz CT molecular complexity index is 1260. The number of pyridine rings is 1. The number of piperidine rings is 1. The van der Waals surface area contributed by atoms with Crippen LogP contribution in [0.25, 0.3) is 31.9 Å². The van der Waals surface area contributed by atoms with Gasteiger partial charge in [0.15, 0.2) is 0 Å². The summed E-state index contributed by atoms with van der Waals surface area (Å²) in [4.78, 5) is 8.84. The van der Waals surface area contributed by atoms with E-state index in [0.29, 0.717) is 27.8 Å². The van der Waals surface area contributed by atoms with E-state index < -0.39 is 6.36 Å². The molecule has 0 amide bonds. The number of nitrogen functional groups attached to an aromatic ring is 1. The van der Waals surface area contributed by atoms with Gasteiger partial charge in [-0.25, -0.2) is 9.97 Å². The van der Waals surface area contributed by atoms with Crippen molar-refractivity contribution in [2.45, 2.75) is 25.1 Å². The molecule has 1 aliphatic rings. The van der Waals surface area contributed by atoms with Crippen molar-refractivity contribution >= 4 is 27.4 Å². The predicted molar refractivity (Wildman–Crippen MR) is 116 cm³/mol. The second kappa shape index (κ2) is 8.06. The van der Waals surface area contributed by atoms with Crippen LogP contribution < -0.4 is 15.8 Å². The number of nitrogens with zero attached hydrogens (tertiary/aromatic N) is 3. The van der Waals surface area contributed by atoms with E-state index in [1.165, 1.54) is 23.5 Å². The van der Waals surface area contributed by atoms with Crippen molar-refractivity contribution < 1.29 is 17.9 Å². The van der Waals surface area contributed by atoms with Gasteiger partial charge in [0.2, 0.25) is 0 Å². The van der Waals surface area contributed by atoms with Gasteiger partial charge in [0.1, 0.15) is 16.6 Å². The molecule has 0 atom stereocenters. The lowest BCUT2D eigenvalue weighted by Crippen LogP contribution is -2.27. The van der Waals surface area contributed by atoms with Crippen LogP contribution in [0.1, 0.15) is 24.5 Å². The molecule has 0 bridgehead atoms. The molecule has 0 radical (unpaired) electrons. The molecule has 4 heterocycles. The molecule has 32 heavy (non-hydrogen) atoms. The smallest absolute Gasteiger partial charge is 0.406 e. The third kappa shape index (κ3) is 4.13. The molecule has 1 aliphatic heterocycles. The Morgan fingerprint density at radius 3 is 2.69 bits per heavy atom. The summed E-state index contributed by atoms with van der Waals surface area (Å²) in [5.74, 6) is 0.363. The van der Waals surface area contributed by atoms with Crippen LogP contribution in [-0.2, 0) is 0 Å². The molecular formula is C21H19F3N6OS. The second-order valence-corrected chi connectivity index (χ2v) is 8.61. The number of aromatic nitrogens is 4. The van der Waals surface area contributed by atoms with Crippen LogP contribution in [-0.4, -0.2) is 39.6 Å². The molecule has 7 nitrogen and oxygen atoms in total. The summed E-state index contributed by atoms with van der Waals surface area (Å²) < 4.78 is 42.3. The van der Waals surface area contributed by atoms with Gasteiger partial charge in [-0.3, -0.25) is 5.10 Å². The highest BCUT2D eigenvalue weighted by atomic mass is 32.1. The van der Waals surface area contributed by atoms with E-state index in [2.05, 4.69) is 30.2 Å². The quantitative estimate of drug-likeness (QED) is 0.408. The van der Waals surface area contributed by atoms with Crippen LogP contribution in [0.2, 0.25) is 0 Å². The highest BCUT2D eigenvalue weighted by Crippen LogP contribution is 2.38. The Kier molecular flexibility index (Phi) is 5.22. The molecule has 3 aromatic heterocycles. The Labute approximate surface area is 184 Å². The van der Waals surface area contributed by atoms with Gasteiger partial charge in [0, 0.05) is 35.0 Å². The highest BCUT2D eigenvalue weighted by Gasteiger charge is 2.31. The monoisotopic (exact) mass is 460 g/mol. The maximum absolute atomic E-state index is 12.5. The van der Waals surface area contributed by atoms with E-state index in [1.807, 2.05) is 6.07 Å². The Balaban J connectivity index is 1.51. The number of rotatable bonds is 4. The molecule has 4 aromatic rings. The van der Waals surface area contributed by atoms with Crippen LogP contribution in [0, 0.1) is 0 Å². The van der Waals surface area contributed by atoms with Crippen LogP contribution in [0.15, 0.2) is 36.7 Å². The highest BCUT2D eigenvalue weighted by molar-refractivity contribution is 7.21. The van der Waals surface area contributed by atoms with Gasteiger partial charge in [-0.1, -0.05) is 0 Å². The maximum Gasteiger partial charge on any atom is 0.573 e. The van der Waals surface area contributed by atoms with Crippen molar-refractivity contribution in [3.63, 3.8) is 0 Å². The number of fused-ring (bicyclic) bond motifs is 1. The largest absolute Gasteiger partial charge is 0.573 e. The Hall–Kier alpha value is -3.18. The number of thiazole rings is 1. The minimum absolute atomic E-state index is 0.298. The molecule has 1 aromatic carbocycles. The van der Waals surface area contributed by atoms with Gasteiger partial charge in [-0.2, -0.15) is 5.10 Å². The Morgan fingerprint density at radius 2 is 1.91 bits per heavy atom. The van der Waals surface area contributed by atoms with Gasteiger partial charge in [-0.15, -0.1) is 24.5 Å². The molecule has 166 valence electrons. The van der Waals surface area contributed by atoms with E-state index in [1.54, 1.807) is 18.5 Å². The molecule has 1 fully saturated rings. The van der Waals surface area contributed by atoms with Gasteiger partial charge in [0.05, 0.1) is 22.0 Å². The van der Waals surface area contributed by atoms with Gasteiger partial charge >= 0.3 is 6.36 Å². The van der Waals surface area contributed by atoms with Crippen LogP contribution in [0.4, 0.5) is 19.0 Å². The van der Waals surface area contributed by atoms with Crippen LogP contribution in [0.5, 0.6) is 5.75 Å². The number of anilines is 1. The summed E-state index contributed by atoms with van der Waals surface area (Å²) >= 11 is 1.33. The fourth-order valence-corrected chi connectivity index (χ4v) is 4.93. The van der Waals surface area contributed by atoms with Gasteiger partial charge in [0.25, 0.3) is 0 Å². The summed E-state index contributed by atoms with van der Waals surface area (Å²) in [5, 5.41) is 11.3. The first kappa shape index (κ1) is 20.7. The lowest BCUT2D eigenvalue weighted by molar-refractivity contribution is -0.274. The molecule has 4 N–H and O–H groups in total. The van der Waals surface area contributed by atoms with Gasteiger partial charge < -0.3 is 15.8 Å². The average Bonchev–Trinajstić information content (AvgIpc) is 3.40. The third-order valence-corrected chi connectivity index (χ3v) is 6.54. The summed E-state index contributed by atoms with van der Waals surface area (Å²) in [6.45, 7) is 1.92. The number of benzene rings is 1. The topological polar surface area (TPSA) is 102 Å². The van der Waals surface area contributed by atoms with E-state index in [4.69, 9.17) is 5.73 Å². The molecule has 0 spiro atoms. The first-order valence-electron chi connectivity index (χ1n) is 10.0. The number of halogens is 3. The number of hydrogen-bond acceptors (Lipinski definition) is 7. The lowest BCUT2D eigenvalue weighted by atomic mass is 9.90. The fraction of sp³-hybridized carbons (Fsp3) is 0.286. The average molecular weight is 460 g/mol. The van der Waals surface area contributed by atoms with Crippen molar-refractivity contribution in [3.8, 4) is 27.4 Å². The Morgan fingerprint density at radius 1 is 1.09 bits per heavy atom. The zero-order valence-corrected chi connectivity index (χ0v) is 17.6. The molecule has 5 rings (SSSR count). The zero-order chi connectivity index (χ0) is 22.3. The van der Waals surface area contributed by atoms with Crippen molar-refractivity contribution in [3.05, 3.63) is 42.4 Å². The summed E-state index contributed by atoms with van der Waals surface area (Å²) in [6.07, 6.45) is 0.769. The summed E-state index contributed by atoms with van der Waals surface area (Å²) in [7, 11) is 0. The number of alkyl halides is 3. The first-order chi connectivity index (χ1) is 15.4. The van der Waals surface area contributed by atoms with Crippen molar-refractivity contribution in [1.82, 2.24) is 25.5 Å². The normalized spacial score (nSPS) is 15.3. The van der Waals surface area contributed by atoms with E-state index in [0.717, 1.165) is 47.5 Å². The second-order valence-electron chi connectivity index (χ2n) is 7.57. The summed E-state index contributed by atoms with van der Waals surface area (Å²) in [6, 6.07) is 5.99. The summed E-state index contributed by atoms with van der Waals surface area (Å²) in [5.41, 5.74) is 10.1. The van der Waals surface area contributed by atoms with Crippen molar-refractivity contribution in [2.75, 3.05) is 18.8 Å². The first-order valence-corrected chi connectivity index (χ1v) is 10.9. The number of nitrogens with two attached hydrogens (primary N) is 1. The van der Waals surface area contributed by atoms with E-state index in [-0.39, 0.29) is 5.75 Å². The maximum atomic E-state index is 12.5. The van der Waals surface area contributed by atoms with Crippen LogP contribution >= 0.6 is 11.3 Å². The molecule has 0 saturated carbocycles. The molecule has 0 unspecified atom stereocenters. The third-order valence-electron chi connectivity index (χ3n) is 5.47. The number of aromatic amines is 1. The number of nitrogens with one attached hydrogen (secondary N) is 2. The number of hydrogen-bond donors (Lipinski definition) is 3. The molecule has 11 heteroatoms. The molecular weight excluding hydrogens is 441 g/mol. The number of ether oxygens (including phenoxy) is 1. The molecule has 0 aliphatic carbocycles. The fourth-order valence-electron chi connectivity index (χ4n) is 3.96. The van der Waals surface area contributed by atoms with Gasteiger partial charge in [-0.05, 0) is 44.1 Å². The van der Waals surface area contributed by atoms with Crippen molar-refractivity contribution in [2.24, 2.45) is 0 Å². The lowest BCUT2D eigenvalue weighted by Gasteiger charge is -2.22. The molecule has 1 saturated heterocycles. The standard InChI is InChI=1S/C21H19F3N6OS/c22-21(23,24)31-13-1-2-17-16(8-13)29-20(32-17)14-7-12(9-27-19(14)25)15-10-28-30-18(15)11-3-5-26-6-4-11/h1-2,7-11,26H,3-6H2,(H2,25,27)(H,28,30). The zero-order valence-electron chi connectivity index (χ0n) is 16.7. The van der Waals surface area contributed by atoms with E-state index >= 15 is 0 Å². The van der Waals surface area contributed by atoms with Crippen molar-refractivity contribution in [1.29, 1.82) is 0 Å². The minimum Gasteiger partial charge on any atom is -0.406 e. The van der Waals surface area contributed by atoms with E-state index in [9.17, 15) is 13.2 Å².